The fourth-order valence-corrected chi connectivity index (χ4v) is 2.43. The van der Waals surface area contributed by atoms with Crippen molar-refractivity contribution in [1.82, 2.24) is 0 Å². The Morgan fingerprint density at radius 2 is 1.04 bits per heavy atom. The lowest BCUT2D eigenvalue weighted by molar-refractivity contribution is 0.475. The zero-order chi connectivity index (χ0) is 16.8. The largest absolute Gasteiger partial charge is 0.508 e. The van der Waals surface area contributed by atoms with Gasteiger partial charge in [0.2, 0.25) is 0 Å². The first-order valence-corrected chi connectivity index (χ1v) is 8.10. The molecule has 3 rings (SSSR count). The van der Waals surface area contributed by atoms with Crippen molar-refractivity contribution in [3.8, 4) is 5.75 Å². The molecule has 3 nitrogen and oxygen atoms in total. The number of anilines is 2. The van der Waals surface area contributed by atoms with E-state index >= 15 is 0 Å². The minimum atomic E-state index is 0.283. The van der Waals surface area contributed by atoms with Crippen molar-refractivity contribution in [1.29, 1.82) is 0 Å². The highest BCUT2D eigenvalue weighted by atomic mass is 16.3. The average molecular weight is 318 g/mol. The number of hydrogen-bond acceptors (Lipinski definition) is 3. The van der Waals surface area contributed by atoms with Gasteiger partial charge in [0, 0.05) is 24.5 Å². The molecule has 0 aliphatic rings. The van der Waals surface area contributed by atoms with Crippen LogP contribution in [0.5, 0.6) is 5.75 Å². The fraction of sp³-hybridized carbons (Fsp3) is 0.143. The quantitative estimate of drug-likeness (QED) is 0.565. The summed E-state index contributed by atoms with van der Waals surface area (Å²) in [4.78, 5) is 0. The van der Waals surface area contributed by atoms with Gasteiger partial charge in [-0.2, -0.15) is 0 Å². The van der Waals surface area contributed by atoms with Crippen LogP contribution in [0.25, 0.3) is 0 Å². The molecule has 0 heterocycles. The number of phenols is 1. The standard InChI is InChI=1S/C21H22N2O/c1-16-2-8-19(9-3-16)22-14-17-4-6-18(7-5-17)15-23-20-10-12-21(24)13-11-20/h2-13,22-24H,14-15H2,1H3. The molecule has 0 spiro atoms. The Labute approximate surface area is 143 Å². The van der Waals surface area contributed by atoms with Gasteiger partial charge in [0.05, 0.1) is 0 Å². The SMILES string of the molecule is Cc1ccc(NCc2ccc(CNc3ccc(O)cc3)cc2)cc1. The minimum Gasteiger partial charge on any atom is -0.508 e. The molecule has 3 aromatic rings. The minimum absolute atomic E-state index is 0.283. The maximum absolute atomic E-state index is 9.29. The van der Waals surface area contributed by atoms with Crippen LogP contribution in [-0.2, 0) is 13.1 Å². The summed E-state index contributed by atoms with van der Waals surface area (Å²) >= 11 is 0. The van der Waals surface area contributed by atoms with E-state index in [4.69, 9.17) is 0 Å². The number of hydrogen-bond donors (Lipinski definition) is 3. The van der Waals surface area contributed by atoms with Crippen LogP contribution in [0.1, 0.15) is 16.7 Å². The Morgan fingerprint density at radius 1 is 0.625 bits per heavy atom. The fourth-order valence-electron chi connectivity index (χ4n) is 2.43. The van der Waals surface area contributed by atoms with E-state index in [1.807, 2.05) is 12.1 Å². The Hall–Kier alpha value is -2.94. The molecule has 0 amide bonds. The van der Waals surface area contributed by atoms with Crippen molar-refractivity contribution in [3.05, 3.63) is 89.5 Å². The molecule has 0 aromatic heterocycles. The summed E-state index contributed by atoms with van der Waals surface area (Å²) in [5, 5.41) is 16.1. The molecule has 0 saturated heterocycles. The lowest BCUT2D eigenvalue weighted by Crippen LogP contribution is -2.01. The van der Waals surface area contributed by atoms with Crippen molar-refractivity contribution in [2.45, 2.75) is 20.0 Å². The highest BCUT2D eigenvalue weighted by Crippen LogP contribution is 2.15. The topological polar surface area (TPSA) is 44.3 Å². The Kier molecular flexibility index (Phi) is 5.02. The van der Waals surface area contributed by atoms with Crippen LogP contribution < -0.4 is 10.6 Å². The number of rotatable bonds is 6. The van der Waals surface area contributed by atoms with Gasteiger partial charge in [-0.1, -0.05) is 42.0 Å². The van der Waals surface area contributed by atoms with Crippen molar-refractivity contribution in [2.24, 2.45) is 0 Å². The maximum atomic E-state index is 9.29. The summed E-state index contributed by atoms with van der Waals surface area (Å²) < 4.78 is 0. The first kappa shape index (κ1) is 15.9. The monoisotopic (exact) mass is 318 g/mol. The van der Waals surface area contributed by atoms with Gasteiger partial charge in [0.25, 0.3) is 0 Å². The molecule has 3 aromatic carbocycles. The lowest BCUT2D eigenvalue weighted by Gasteiger charge is -2.09. The normalized spacial score (nSPS) is 10.4. The lowest BCUT2D eigenvalue weighted by atomic mass is 10.1. The first-order chi connectivity index (χ1) is 11.7. The number of aromatic hydroxyl groups is 1. The second-order valence-corrected chi connectivity index (χ2v) is 5.94. The average Bonchev–Trinajstić information content (AvgIpc) is 2.62. The van der Waals surface area contributed by atoms with E-state index < -0.39 is 0 Å². The van der Waals surface area contributed by atoms with E-state index in [9.17, 15) is 5.11 Å². The first-order valence-electron chi connectivity index (χ1n) is 8.10. The van der Waals surface area contributed by atoms with Crippen molar-refractivity contribution in [2.75, 3.05) is 10.6 Å². The number of aryl methyl sites for hydroxylation is 1. The highest BCUT2D eigenvalue weighted by molar-refractivity contribution is 5.47. The molecule has 0 fully saturated rings. The van der Waals surface area contributed by atoms with Crippen molar-refractivity contribution < 1.29 is 5.11 Å². The molecule has 0 aliphatic carbocycles. The van der Waals surface area contributed by atoms with Gasteiger partial charge < -0.3 is 15.7 Å². The molecule has 0 unspecified atom stereocenters. The molecule has 0 bridgehead atoms. The van der Waals surface area contributed by atoms with Gasteiger partial charge in [-0.15, -0.1) is 0 Å². The van der Waals surface area contributed by atoms with Crippen LogP contribution in [0.3, 0.4) is 0 Å². The van der Waals surface area contributed by atoms with Crippen molar-refractivity contribution in [3.63, 3.8) is 0 Å². The maximum Gasteiger partial charge on any atom is 0.115 e. The van der Waals surface area contributed by atoms with E-state index in [1.54, 1.807) is 12.1 Å². The molecule has 3 N–H and O–H groups in total. The van der Waals surface area contributed by atoms with Crippen molar-refractivity contribution >= 4 is 11.4 Å². The van der Waals surface area contributed by atoms with E-state index in [2.05, 4.69) is 66.1 Å². The number of phenolic OH excluding ortho intramolecular Hbond substituents is 1. The summed E-state index contributed by atoms with van der Waals surface area (Å²) in [6.45, 7) is 3.67. The molecule has 0 aliphatic heterocycles. The highest BCUT2D eigenvalue weighted by Gasteiger charge is 1.97. The number of nitrogens with one attached hydrogen (secondary N) is 2. The molecular formula is C21H22N2O. The van der Waals surface area contributed by atoms with Crippen LogP contribution in [0.2, 0.25) is 0 Å². The summed E-state index contributed by atoms with van der Waals surface area (Å²) in [6, 6.07) is 24.1. The predicted octanol–water partition coefficient (Wildman–Crippen LogP) is 4.92. The third-order valence-electron chi connectivity index (χ3n) is 3.94. The van der Waals surface area contributed by atoms with Crippen LogP contribution in [0, 0.1) is 6.92 Å². The third kappa shape index (κ3) is 4.53. The third-order valence-corrected chi connectivity index (χ3v) is 3.94. The zero-order valence-corrected chi connectivity index (χ0v) is 13.8. The predicted molar refractivity (Wildman–Crippen MR) is 100 cm³/mol. The van der Waals surface area contributed by atoms with Gasteiger partial charge in [-0.05, 0) is 54.4 Å². The molecule has 3 heteroatoms. The van der Waals surface area contributed by atoms with Gasteiger partial charge in [-0.3, -0.25) is 0 Å². The van der Waals surface area contributed by atoms with E-state index in [0.717, 1.165) is 24.5 Å². The molecule has 0 saturated carbocycles. The van der Waals surface area contributed by atoms with Crippen LogP contribution >= 0.6 is 0 Å². The van der Waals surface area contributed by atoms with Crippen LogP contribution in [-0.4, -0.2) is 5.11 Å². The molecular weight excluding hydrogens is 296 g/mol. The van der Waals surface area contributed by atoms with E-state index in [-0.39, 0.29) is 5.75 Å². The smallest absolute Gasteiger partial charge is 0.115 e. The van der Waals surface area contributed by atoms with E-state index in [1.165, 1.54) is 16.7 Å². The second-order valence-electron chi connectivity index (χ2n) is 5.94. The molecule has 122 valence electrons. The zero-order valence-electron chi connectivity index (χ0n) is 13.8. The molecule has 24 heavy (non-hydrogen) atoms. The molecule has 0 atom stereocenters. The Balaban J connectivity index is 1.51. The summed E-state index contributed by atoms with van der Waals surface area (Å²) in [5.74, 6) is 0.283. The summed E-state index contributed by atoms with van der Waals surface area (Å²) in [7, 11) is 0. The summed E-state index contributed by atoms with van der Waals surface area (Å²) in [6.07, 6.45) is 0. The summed E-state index contributed by atoms with van der Waals surface area (Å²) in [5.41, 5.74) is 5.88. The van der Waals surface area contributed by atoms with Gasteiger partial charge in [0.1, 0.15) is 5.75 Å². The van der Waals surface area contributed by atoms with Gasteiger partial charge >= 0.3 is 0 Å². The van der Waals surface area contributed by atoms with E-state index in [0.29, 0.717) is 0 Å². The Morgan fingerprint density at radius 3 is 1.50 bits per heavy atom. The van der Waals surface area contributed by atoms with Gasteiger partial charge in [0.15, 0.2) is 0 Å². The van der Waals surface area contributed by atoms with Crippen LogP contribution in [0.15, 0.2) is 72.8 Å². The van der Waals surface area contributed by atoms with Crippen LogP contribution in [0.4, 0.5) is 11.4 Å². The number of benzene rings is 3. The molecule has 0 radical (unpaired) electrons. The van der Waals surface area contributed by atoms with Gasteiger partial charge in [-0.25, -0.2) is 0 Å². The second kappa shape index (κ2) is 7.55. The Bertz CT molecular complexity index is 694.